The van der Waals surface area contributed by atoms with Crippen molar-refractivity contribution in [2.75, 3.05) is 7.11 Å². The van der Waals surface area contributed by atoms with Crippen molar-refractivity contribution in [3.05, 3.63) is 67.1 Å². The first-order chi connectivity index (χ1) is 10.3. The summed E-state index contributed by atoms with van der Waals surface area (Å²) in [7, 11) is 3.69. The van der Waals surface area contributed by atoms with Crippen LogP contribution in [0.25, 0.3) is 22.4 Å². The molecule has 3 aromatic rings. The van der Waals surface area contributed by atoms with Crippen molar-refractivity contribution in [2.24, 2.45) is 7.05 Å². The average molecular weight is 364 g/mol. The van der Waals surface area contributed by atoms with Crippen LogP contribution in [0.1, 0.15) is 0 Å². The van der Waals surface area contributed by atoms with Gasteiger partial charge in [-0.2, -0.15) is 23.8 Å². The van der Waals surface area contributed by atoms with E-state index in [-0.39, 0.29) is 32.7 Å². The molecule has 3 rings (SSSR count). The molecule has 0 bridgehead atoms. The van der Waals surface area contributed by atoms with E-state index < -0.39 is 0 Å². The second-order valence-corrected chi connectivity index (χ2v) is 4.66. The SMILES string of the molecule is COc1c(-c2[c-]nccc2)[c-]ccc1-c1cccc[n+]1C.[Y]. The summed E-state index contributed by atoms with van der Waals surface area (Å²) in [5, 5.41) is 0. The van der Waals surface area contributed by atoms with Crippen LogP contribution in [0.4, 0.5) is 0 Å². The maximum atomic E-state index is 5.65. The van der Waals surface area contributed by atoms with E-state index in [1.165, 1.54) is 0 Å². The number of benzene rings is 1. The molecular weight excluding hydrogens is 349 g/mol. The Balaban J connectivity index is 0.00000176. The molecule has 0 unspecified atom stereocenters. The smallest absolute Gasteiger partial charge is 0.196 e. The van der Waals surface area contributed by atoms with Gasteiger partial charge in [-0.25, -0.2) is 10.1 Å². The molecule has 2 aromatic heterocycles. The summed E-state index contributed by atoms with van der Waals surface area (Å²) in [6, 6.07) is 17.1. The molecule has 0 N–H and O–H groups in total. The molecule has 22 heavy (non-hydrogen) atoms. The van der Waals surface area contributed by atoms with Gasteiger partial charge >= 0.3 is 0 Å². The van der Waals surface area contributed by atoms with E-state index in [2.05, 4.69) is 27.9 Å². The summed E-state index contributed by atoms with van der Waals surface area (Å²) in [5.41, 5.74) is 3.84. The molecule has 0 saturated carbocycles. The minimum atomic E-state index is 0. The quantitative estimate of drug-likeness (QED) is 0.528. The minimum absolute atomic E-state index is 0. The van der Waals surface area contributed by atoms with E-state index in [1.54, 1.807) is 13.3 Å². The van der Waals surface area contributed by atoms with Crippen LogP contribution in [0.2, 0.25) is 0 Å². The molecule has 1 radical (unpaired) electrons. The summed E-state index contributed by atoms with van der Waals surface area (Å²) >= 11 is 0. The van der Waals surface area contributed by atoms with Crippen LogP contribution in [0.3, 0.4) is 0 Å². The number of aryl methyl sites for hydroxylation is 1. The molecule has 2 heterocycles. The Morgan fingerprint density at radius 1 is 1.14 bits per heavy atom. The largest absolute Gasteiger partial charge is 0.549 e. The number of pyridine rings is 2. The molecule has 0 aliphatic rings. The van der Waals surface area contributed by atoms with Crippen LogP contribution >= 0.6 is 0 Å². The summed E-state index contributed by atoms with van der Waals surface area (Å²) in [6.07, 6.45) is 6.71. The second-order valence-electron chi connectivity index (χ2n) is 4.66. The van der Waals surface area contributed by atoms with Gasteiger partial charge in [0.25, 0.3) is 0 Å². The van der Waals surface area contributed by atoms with E-state index in [9.17, 15) is 0 Å². The van der Waals surface area contributed by atoms with Gasteiger partial charge in [-0.05, 0) is 11.6 Å². The molecule has 0 spiro atoms. The Morgan fingerprint density at radius 3 is 2.68 bits per heavy atom. The third kappa shape index (κ3) is 3.26. The first-order valence-electron chi connectivity index (χ1n) is 6.68. The van der Waals surface area contributed by atoms with E-state index in [0.717, 1.165) is 28.1 Å². The molecule has 4 heteroatoms. The zero-order valence-corrected chi connectivity index (χ0v) is 15.4. The van der Waals surface area contributed by atoms with Crippen molar-refractivity contribution in [2.45, 2.75) is 0 Å². The Bertz CT molecular complexity index is 760. The second kappa shape index (κ2) is 7.62. The molecule has 0 atom stereocenters. The molecule has 0 saturated heterocycles. The third-order valence-electron chi connectivity index (χ3n) is 3.36. The minimum Gasteiger partial charge on any atom is -0.549 e. The zero-order valence-electron chi connectivity index (χ0n) is 12.6. The molecule has 0 amide bonds. The van der Waals surface area contributed by atoms with Gasteiger partial charge in [0.15, 0.2) is 11.9 Å². The first kappa shape index (κ1) is 16.8. The molecule has 0 aliphatic heterocycles. The molecule has 3 nitrogen and oxygen atoms in total. The summed E-state index contributed by atoms with van der Waals surface area (Å²) in [6.45, 7) is 0. The standard InChI is InChI=1S/C18H15N2O.Y/c1-20-12-4-3-10-17(20)16-9-5-8-15(18(16)21-2)14-7-6-11-19-13-14;/h3-7,9-12H,1-2H3;/q-1;. The monoisotopic (exact) mass is 364 g/mol. The molecule has 1 aromatic carbocycles. The van der Waals surface area contributed by atoms with Crippen molar-refractivity contribution in [1.82, 2.24) is 4.98 Å². The van der Waals surface area contributed by atoms with Crippen LogP contribution in [0.15, 0.2) is 54.9 Å². The van der Waals surface area contributed by atoms with Gasteiger partial charge in [-0.15, -0.1) is 12.1 Å². The van der Waals surface area contributed by atoms with Crippen molar-refractivity contribution in [1.29, 1.82) is 0 Å². The maximum absolute atomic E-state index is 5.65. The number of rotatable bonds is 3. The Labute approximate surface area is 155 Å². The van der Waals surface area contributed by atoms with Gasteiger partial charge in [0.2, 0.25) is 0 Å². The molecular formula is C18H15N2OY-. The fourth-order valence-corrected chi connectivity index (χ4v) is 2.37. The van der Waals surface area contributed by atoms with Gasteiger partial charge in [0.05, 0.1) is 7.11 Å². The van der Waals surface area contributed by atoms with Gasteiger partial charge in [0, 0.05) is 50.6 Å². The van der Waals surface area contributed by atoms with E-state index in [0.29, 0.717) is 0 Å². The number of aromatic nitrogens is 2. The van der Waals surface area contributed by atoms with E-state index in [4.69, 9.17) is 4.74 Å². The Morgan fingerprint density at radius 2 is 2.00 bits per heavy atom. The topological polar surface area (TPSA) is 26.0 Å². The number of methoxy groups -OCH3 is 1. The van der Waals surface area contributed by atoms with Gasteiger partial charge in [0.1, 0.15) is 7.05 Å². The van der Waals surface area contributed by atoms with Gasteiger partial charge in [-0.3, -0.25) is 0 Å². The molecule has 107 valence electrons. The fraction of sp³-hybridized carbons (Fsp3) is 0.111. The number of ether oxygens (including phenoxy) is 1. The van der Waals surface area contributed by atoms with Crippen LogP contribution in [0, 0.1) is 12.3 Å². The van der Waals surface area contributed by atoms with Crippen molar-refractivity contribution < 1.29 is 42.0 Å². The van der Waals surface area contributed by atoms with Crippen LogP contribution in [-0.2, 0) is 39.8 Å². The normalized spacial score (nSPS) is 9.91. The summed E-state index contributed by atoms with van der Waals surface area (Å²) in [5.74, 6) is 0.781. The van der Waals surface area contributed by atoms with Crippen LogP contribution in [0.5, 0.6) is 5.75 Å². The number of nitrogens with zero attached hydrogens (tertiary/aromatic N) is 2. The molecule has 0 fully saturated rings. The summed E-state index contributed by atoms with van der Waals surface area (Å²) in [4.78, 5) is 4.05. The van der Waals surface area contributed by atoms with Gasteiger partial charge in [-0.1, -0.05) is 12.4 Å². The summed E-state index contributed by atoms with van der Waals surface area (Å²) < 4.78 is 7.71. The number of hydrogen-bond donors (Lipinski definition) is 0. The molecule has 0 aliphatic carbocycles. The zero-order chi connectivity index (χ0) is 14.7. The average Bonchev–Trinajstić information content (AvgIpc) is 2.55. The predicted octanol–water partition coefficient (Wildman–Crippen LogP) is 2.85. The van der Waals surface area contributed by atoms with Crippen LogP contribution in [-0.4, -0.2) is 12.1 Å². The maximum Gasteiger partial charge on any atom is 0.196 e. The third-order valence-corrected chi connectivity index (χ3v) is 3.36. The van der Waals surface area contributed by atoms with Crippen molar-refractivity contribution in [3.63, 3.8) is 0 Å². The number of hydrogen-bond acceptors (Lipinski definition) is 2. The van der Waals surface area contributed by atoms with Crippen molar-refractivity contribution in [3.8, 4) is 28.1 Å². The van der Waals surface area contributed by atoms with Gasteiger partial charge < -0.3 is 9.72 Å². The van der Waals surface area contributed by atoms with E-state index >= 15 is 0 Å². The van der Waals surface area contributed by atoms with Crippen LogP contribution < -0.4 is 9.30 Å². The fourth-order valence-electron chi connectivity index (χ4n) is 2.37. The predicted molar refractivity (Wildman–Crippen MR) is 80.5 cm³/mol. The Kier molecular flexibility index (Phi) is 5.81. The first-order valence-corrected chi connectivity index (χ1v) is 6.68. The Hall–Kier alpha value is -1.58. The van der Waals surface area contributed by atoms with Crippen molar-refractivity contribution >= 4 is 0 Å². The van der Waals surface area contributed by atoms with E-state index in [1.807, 2.05) is 49.6 Å².